The first-order valence-corrected chi connectivity index (χ1v) is 3.80. The summed E-state index contributed by atoms with van der Waals surface area (Å²) in [7, 11) is 0. The van der Waals surface area contributed by atoms with Crippen LogP contribution in [0.4, 0.5) is 0 Å². The number of rotatable bonds is 0. The van der Waals surface area contributed by atoms with Gasteiger partial charge in [-0.15, -0.1) is 0 Å². The highest BCUT2D eigenvalue weighted by Crippen LogP contribution is 2.14. The van der Waals surface area contributed by atoms with Crippen LogP contribution >= 0.6 is 0 Å². The van der Waals surface area contributed by atoms with E-state index in [1.165, 1.54) is 6.20 Å². The summed E-state index contributed by atoms with van der Waals surface area (Å²) >= 11 is 0. The van der Waals surface area contributed by atoms with E-state index in [9.17, 15) is 5.21 Å². The Labute approximate surface area is 74.3 Å². The van der Waals surface area contributed by atoms with Crippen LogP contribution < -0.4 is 5.36 Å². The summed E-state index contributed by atoms with van der Waals surface area (Å²) in [5.41, 5.74) is 1.31. The largest absolute Gasteiger partial charge is 0.428 e. The topological polar surface area (TPSA) is 57.8 Å². The molecule has 2 N–H and O–H groups in total. The Bertz CT molecular complexity index is 462. The maximum Gasteiger partial charge on any atom is 0.112 e. The van der Waals surface area contributed by atoms with Gasteiger partial charge in [-0.05, 0) is 24.3 Å². The van der Waals surface area contributed by atoms with Gasteiger partial charge >= 0.3 is 0 Å². The van der Waals surface area contributed by atoms with Gasteiger partial charge in [-0.3, -0.25) is 0 Å². The molecule has 0 amide bonds. The Kier molecular flexibility index (Phi) is 1.66. The number of aromatic nitrogens is 1. The van der Waals surface area contributed by atoms with Crippen molar-refractivity contribution in [1.82, 2.24) is 4.73 Å². The van der Waals surface area contributed by atoms with E-state index in [1.54, 1.807) is 30.3 Å². The van der Waals surface area contributed by atoms with E-state index in [4.69, 9.17) is 5.21 Å². The van der Waals surface area contributed by atoms with Gasteiger partial charge in [-0.2, -0.15) is 4.73 Å². The first kappa shape index (κ1) is 7.67. The zero-order valence-corrected chi connectivity index (χ0v) is 6.75. The van der Waals surface area contributed by atoms with Crippen molar-refractivity contribution < 1.29 is 10.4 Å². The summed E-state index contributed by atoms with van der Waals surface area (Å²) in [6, 6.07) is 8.57. The van der Waals surface area contributed by atoms with Crippen LogP contribution in [-0.2, 0) is 0 Å². The lowest BCUT2D eigenvalue weighted by Crippen LogP contribution is -2.10. The quantitative estimate of drug-likeness (QED) is 0.359. The van der Waals surface area contributed by atoms with Gasteiger partial charge in [-0.1, -0.05) is 11.2 Å². The number of hydrogen-bond donors (Lipinski definition) is 2. The van der Waals surface area contributed by atoms with Crippen LogP contribution in [0.3, 0.4) is 0 Å². The molecule has 1 aliphatic carbocycles. The minimum atomic E-state index is 0.445. The van der Waals surface area contributed by atoms with Crippen LogP contribution in [0.25, 0.3) is 11.3 Å². The maximum atomic E-state index is 9.38. The SMILES string of the molecule is O/N=c1\cccc2n(O)cccc1-2. The first-order valence-electron chi connectivity index (χ1n) is 3.80. The van der Waals surface area contributed by atoms with Gasteiger partial charge in [0.25, 0.3) is 0 Å². The second kappa shape index (κ2) is 2.82. The lowest BCUT2D eigenvalue weighted by atomic mass is 10.1. The molecule has 0 atom stereocenters. The van der Waals surface area contributed by atoms with Crippen LogP contribution in [0.2, 0.25) is 0 Å². The van der Waals surface area contributed by atoms with E-state index >= 15 is 0 Å². The van der Waals surface area contributed by atoms with Crippen LogP contribution in [0.1, 0.15) is 0 Å². The molecule has 4 nitrogen and oxygen atoms in total. The zero-order chi connectivity index (χ0) is 9.26. The summed E-state index contributed by atoms with van der Waals surface area (Å²) < 4.78 is 0.990. The standard InChI is InChI=1S/C9H8N2O2/c12-10-8-4-1-5-9-7(8)3-2-6-11(9)13/h1-6,12-13H/b10-8+. The summed E-state index contributed by atoms with van der Waals surface area (Å²) in [4.78, 5) is 0. The van der Waals surface area contributed by atoms with Gasteiger partial charge in [0.15, 0.2) is 0 Å². The monoisotopic (exact) mass is 176 g/mol. The highest BCUT2D eigenvalue weighted by Gasteiger charge is 2.05. The molecule has 0 radical (unpaired) electrons. The van der Waals surface area contributed by atoms with Crippen molar-refractivity contribution in [2.45, 2.75) is 0 Å². The van der Waals surface area contributed by atoms with Crippen LogP contribution in [0.5, 0.6) is 0 Å². The average molecular weight is 176 g/mol. The second-order valence-electron chi connectivity index (χ2n) is 2.66. The molecule has 4 heteroatoms. The van der Waals surface area contributed by atoms with E-state index in [1.807, 2.05) is 0 Å². The Hall–Kier alpha value is -1.97. The normalized spacial score (nSPS) is 12.2. The molecule has 1 heterocycles. The number of pyridine rings is 1. The lowest BCUT2D eigenvalue weighted by molar-refractivity contribution is 0.189. The van der Waals surface area contributed by atoms with Gasteiger partial charge in [0.05, 0.1) is 5.69 Å². The third-order valence-electron chi connectivity index (χ3n) is 1.90. The number of nitrogens with zero attached hydrogens (tertiary/aromatic N) is 2. The molecule has 0 unspecified atom stereocenters. The predicted molar refractivity (Wildman–Crippen MR) is 45.6 cm³/mol. The molecular weight excluding hydrogens is 168 g/mol. The van der Waals surface area contributed by atoms with Gasteiger partial charge in [-0.25, -0.2) is 0 Å². The van der Waals surface area contributed by atoms with Crippen molar-refractivity contribution >= 4 is 0 Å². The summed E-state index contributed by atoms with van der Waals surface area (Å²) in [5.74, 6) is 0. The number of benzene rings is 1. The highest BCUT2D eigenvalue weighted by atomic mass is 16.5. The van der Waals surface area contributed by atoms with Gasteiger partial charge in [0.2, 0.25) is 0 Å². The summed E-state index contributed by atoms with van der Waals surface area (Å²) in [5, 5.41) is 21.6. The average Bonchev–Trinajstić information content (AvgIpc) is 2.18. The van der Waals surface area contributed by atoms with Crippen molar-refractivity contribution in [2.75, 3.05) is 0 Å². The minimum absolute atomic E-state index is 0.445. The maximum absolute atomic E-state index is 9.38. The fourth-order valence-corrected chi connectivity index (χ4v) is 1.30. The van der Waals surface area contributed by atoms with Crippen LogP contribution in [-0.4, -0.2) is 15.1 Å². The Morgan fingerprint density at radius 1 is 1.15 bits per heavy atom. The fraction of sp³-hybridized carbons (Fsp3) is 0. The van der Waals surface area contributed by atoms with E-state index in [0.717, 1.165) is 4.73 Å². The lowest BCUT2D eigenvalue weighted by Gasteiger charge is -2.08. The second-order valence-corrected chi connectivity index (χ2v) is 2.66. The predicted octanol–water partition coefficient (Wildman–Crippen LogP) is 1.12. The highest BCUT2D eigenvalue weighted by molar-refractivity contribution is 5.59. The van der Waals surface area contributed by atoms with E-state index in [-0.39, 0.29) is 0 Å². The molecule has 0 aromatic heterocycles. The van der Waals surface area contributed by atoms with Crippen molar-refractivity contribution in [3.05, 3.63) is 41.9 Å². The van der Waals surface area contributed by atoms with Crippen molar-refractivity contribution in [1.29, 1.82) is 0 Å². The molecule has 13 heavy (non-hydrogen) atoms. The molecule has 0 fully saturated rings. The molecule has 0 bridgehead atoms. The minimum Gasteiger partial charge on any atom is -0.428 e. The molecule has 0 spiro atoms. The van der Waals surface area contributed by atoms with Crippen molar-refractivity contribution in [3.63, 3.8) is 0 Å². The smallest absolute Gasteiger partial charge is 0.112 e. The first-order chi connectivity index (χ1) is 6.33. The van der Waals surface area contributed by atoms with Crippen LogP contribution in [0.15, 0.2) is 41.7 Å². The van der Waals surface area contributed by atoms with Gasteiger partial charge < -0.3 is 10.4 Å². The zero-order valence-electron chi connectivity index (χ0n) is 6.75. The molecule has 2 aliphatic rings. The van der Waals surface area contributed by atoms with Crippen molar-refractivity contribution in [3.8, 4) is 11.3 Å². The molecular formula is C9H8N2O2. The van der Waals surface area contributed by atoms with Gasteiger partial charge in [0.1, 0.15) is 5.36 Å². The Morgan fingerprint density at radius 2 is 2.00 bits per heavy atom. The fourth-order valence-electron chi connectivity index (χ4n) is 1.30. The van der Waals surface area contributed by atoms with E-state index in [0.29, 0.717) is 16.6 Å². The molecule has 0 saturated carbocycles. The number of fused-ring (bicyclic) bond motifs is 1. The van der Waals surface area contributed by atoms with Crippen molar-refractivity contribution in [2.24, 2.45) is 5.16 Å². The van der Waals surface area contributed by atoms with Crippen LogP contribution in [0, 0.1) is 0 Å². The summed E-state index contributed by atoms with van der Waals surface area (Å²) in [6.07, 6.45) is 1.52. The third kappa shape index (κ3) is 1.12. The molecule has 66 valence electrons. The van der Waals surface area contributed by atoms with E-state index in [2.05, 4.69) is 5.16 Å². The molecule has 0 saturated heterocycles. The summed E-state index contributed by atoms with van der Waals surface area (Å²) in [6.45, 7) is 0. The molecule has 1 aliphatic heterocycles. The molecule has 0 aromatic rings. The third-order valence-corrected chi connectivity index (χ3v) is 1.90. The Morgan fingerprint density at radius 3 is 2.77 bits per heavy atom. The Balaban J connectivity index is 2.89. The van der Waals surface area contributed by atoms with Gasteiger partial charge in [0, 0.05) is 11.8 Å². The van der Waals surface area contributed by atoms with E-state index < -0.39 is 0 Å². The molecule has 2 rings (SSSR count). The molecule has 0 aromatic carbocycles. The number of hydrogen-bond acceptors (Lipinski definition) is 3.